The second-order valence-corrected chi connectivity index (χ2v) is 3.17. The third-order valence-electron chi connectivity index (χ3n) is 1.33. The minimum atomic E-state index is 0.700. The van der Waals surface area contributed by atoms with Gasteiger partial charge in [0.25, 0.3) is 0 Å². The van der Waals surface area contributed by atoms with Crippen molar-refractivity contribution in [3.05, 3.63) is 27.3 Å². The van der Waals surface area contributed by atoms with Gasteiger partial charge < -0.3 is 4.74 Å². The van der Waals surface area contributed by atoms with Crippen LogP contribution in [0.2, 0.25) is 0 Å². The molecule has 0 aliphatic heterocycles. The summed E-state index contributed by atoms with van der Waals surface area (Å²) in [5.41, 5.74) is 0.700. The molecule has 0 aliphatic carbocycles. The van der Waals surface area contributed by atoms with Crippen LogP contribution in [-0.2, 0) is 0 Å². The Morgan fingerprint density at radius 2 is 2.27 bits per heavy atom. The second-order valence-electron chi connectivity index (χ2n) is 2.01. The lowest BCUT2D eigenvalue weighted by Gasteiger charge is -2.00. The Balaban J connectivity index is 3.09. The number of ether oxygens (including phenoxy) is 1. The van der Waals surface area contributed by atoms with E-state index in [0.717, 1.165) is 15.6 Å². The van der Waals surface area contributed by atoms with Gasteiger partial charge in [0.15, 0.2) is 6.29 Å². The maximum atomic E-state index is 10.4. The highest BCUT2D eigenvalue weighted by Gasteiger charge is 1.98. The van der Waals surface area contributed by atoms with Crippen LogP contribution in [0.5, 0.6) is 5.75 Å². The molecule has 58 valence electrons. The molecule has 0 saturated carbocycles. The number of carbonyl (C=O) groups excluding carboxylic acids is 1. The van der Waals surface area contributed by atoms with Crippen molar-refractivity contribution in [1.82, 2.24) is 0 Å². The highest BCUT2D eigenvalue weighted by atomic mass is 127. The SMILES string of the molecule is COc1ccc(C=O)c(I)c1. The number of benzene rings is 1. The Bertz CT molecular complexity index is 271. The first-order valence-electron chi connectivity index (χ1n) is 3.06. The summed E-state index contributed by atoms with van der Waals surface area (Å²) < 4.78 is 5.89. The molecule has 1 aromatic carbocycles. The molecule has 0 heterocycles. The lowest BCUT2D eigenvalue weighted by atomic mass is 10.2. The fraction of sp³-hybridized carbons (Fsp3) is 0.125. The maximum Gasteiger partial charge on any atom is 0.151 e. The van der Waals surface area contributed by atoms with Gasteiger partial charge >= 0.3 is 0 Å². The maximum absolute atomic E-state index is 10.4. The predicted octanol–water partition coefficient (Wildman–Crippen LogP) is 2.11. The van der Waals surface area contributed by atoms with Gasteiger partial charge in [-0.05, 0) is 40.8 Å². The van der Waals surface area contributed by atoms with Crippen molar-refractivity contribution in [1.29, 1.82) is 0 Å². The summed E-state index contributed by atoms with van der Waals surface area (Å²) in [6.45, 7) is 0. The molecule has 0 amide bonds. The van der Waals surface area contributed by atoms with Gasteiger partial charge in [-0.25, -0.2) is 0 Å². The molecule has 0 N–H and O–H groups in total. The summed E-state index contributed by atoms with van der Waals surface area (Å²) in [6.07, 6.45) is 0.835. The van der Waals surface area contributed by atoms with E-state index >= 15 is 0 Å². The van der Waals surface area contributed by atoms with Gasteiger partial charge in [0.2, 0.25) is 0 Å². The second kappa shape index (κ2) is 3.71. The molecule has 1 aromatic rings. The first kappa shape index (κ1) is 8.52. The van der Waals surface area contributed by atoms with E-state index in [1.165, 1.54) is 0 Å². The Kier molecular flexibility index (Phi) is 2.87. The Hall–Kier alpha value is -0.580. The normalized spacial score (nSPS) is 9.27. The van der Waals surface area contributed by atoms with E-state index in [0.29, 0.717) is 5.56 Å². The first-order chi connectivity index (χ1) is 5.27. The van der Waals surface area contributed by atoms with Crippen LogP contribution in [0.25, 0.3) is 0 Å². The molecule has 0 spiro atoms. The monoisotopic (exact) mass is 262 g/mol. The van der Waals surface area contributed by atoms with Crippen molar-refractivity contribution in [2.45, 2.75) is 0 Å². The van der Waals surface area contributed by atoms with Crippen LogP contribution in [0.3, 0.4) is 0 Å². The Morgan fingerprint density at radius 3 is 2.73 bits per heavy atom. The molecular formula is C8H7IO2. The van der Waals surface area contributed by atoms with Gasteiger partial charge in [-0.15, -0.1) is 0 Å². The largest absolute Gasteiger partial charge is 0.497 e. The third kappa shape index (κ3) is 1.92. The highest BCUT2D eigenvalue weighted by Crippen LogP contribution is 2.17. The molecule has 0 aromatic heterocycles. The van der Waals surface area contributed by atoms with Crippen molar-refractivity contribution < 1.29 is 9.53 Å². The van der Waals surface area contributed by atoms with Crippen molar-refractivity contribution in [2.24, 2.45) is 0 Å². The summed E-state index contributed by atoms with van der Waals surface area (Å²) in [5.74, 6) is 0.778. The minimum absolute atomic E-state index is 0.700. The van der Waals surface area contributed by atoms with E-state index in [-0.39, 0.29) is 0 Å². The predicted molar refractivity (Wildman–Crippen MR) is 51.1 cm³/mol. The third-order valence-corrected chi connectivity index (χ3v) is 2.27. The highest BCUT2D eigenvalue weighted by molar-refractivity contribution is 14.1. The standard InChI is InChI=1S/C8H7IO2/c1-11-7-3-2-6(5-10)8(9)4-7/h2-5H,1H3. The minimum Gasteiger partial charge on any atom is -0.497 e. The molecule has 11 heavy (non-hydrogen) atoms. The van der Waals surface area contributed by atoms with Crippen molar-refractivity contribution in [2.75, 3.05) is 7.11 Å². The topological polar surface area (TPSA) is 26.3 Å². The van der Waals surface area contributed by atoms with Crippen LogP contribution in [0.1, 0.15) is 10.4 Å². The van der Waals surface area contributed by atoms with Gasteiger partial charge in [0.05, 0.1) is 7.11 Å². The number of rotatable bonds is 2. The fourth-order valence-electron chi connectivity index (χ4n) is 0.730. The van der Waals surface area contributed by atoms with E-state index < -0.39 is 0 Å². The number of halogens is 1. The first-order valence-corrected chi connectivity index (χ1v) is 4.14. The van der Waals surface area contributed by atoms with Gasteiger partial charge in [-0.2, -0.15) is 0 Å². The van der Waals surface area contributed by atoms with Crippen LogP contribution in [0.4, 0.5) is 0 Å². The molecular weight excluding hydrogens is 255 g/mol. The molecule has 1 rings (SSSR count). The van der Waals surface area contributed by atoms with Gasteiger partial charge in [0.1, 0.15) is 5.75 Å². The van der Waals surface area contributed by atoms with E-state index in [1.807, 2.05) is 6.07 Å². The fourth-order valence-corrected chi connectivity index (χ4v) is 1.34. The van der Waals surface area contributed by atoms with Crippen LogP contribution in [-0.4, -0.2) is 13.4 Å². The number of carbonyl (C=O) groups is 1. The summed E-state index contributed by atoms with van der Waals surface area (Å²) in [4.78, 5) is 10.4. The molecule has 0 bridgehead atoms. The van der Waals surface area contributed by atoms with Crippen LogP contribution < -0.4 is 4.74 Å². The molecule has 0 fully saturated rings. The average molecular weight is 262 g/mol. The molecule has 3 heteroatoms. The van der Waals surface area contributed by atoms with Crippen molar-refractivity contribution >= 4 is 28.9 Å². The smallest absolute Gasteiger partial charge is 0.151 e. The van der Waals surface area contributed by atoms with Gasteiger partial charge in [0, 0.05) is 9.13 Å². The van der Waals surface area contributed by atoms with Crippen LogP contribution in [0, 0.1) is 3.57 Å². The van der Waals surface area contributed by atoms with E-state index in [4.69, 9.17) is 4.74 Å². The molecule has 0 saturated heterocycles. The molecule has 2 nitrogen and oxygen atoms in total. The zero-order valence-electron chi connectivity index (χ0n) is 6.00. The number of hydrogen-bond donors (Lipinski definition) is 0. The number of methoxy groups -OCH3 is 1. The van der Waals surface area contributed by atoms with E-state index in [1.54, 1.807) is 19.2 Å². The lowest BCUT2D eigenvalue weighted by Crippen LogP contribution is -1.88. The summed E-state index contributed by atoms with van der Waals surface area (Å²) in [7, 11) is 1.60. The van der Waals surface area contributed by atoms with Gasteiger partial charge in [-0.1, -0.05) is 0 Å². The van der Waals surface area contributed by atoms with Crippen molar-refractivity contribution in [3.63, 3.8) is 0 Å². The zero-order valence-corrected chi connectivity index (χ0v) is 8.16. The summed E-state index contributed by atoms with van der Waals surface area (Å²) in [5, 5.41) is 0. The average Bonchev–Trinajstić information content (AvgIpc) is 2.04. The molecule has 0 atom stereocenters. The van der Waals surface area contributed by atoms with Crippen LogP contribution >= 0.6 is 22.6 Å². The number of hydrogen-bond acceptors (Lipinski definition) is 2. The molecule has 0 aliphatic rings. The summed E-state index contributed by atoms with van der Waals surface area (Å²) in [6, 6.07) is 5.34. The zero-order chi connectivity index (χ0) is 8.27. The van der Waals surface area contributed by atoms with Crippen molar-refractivity contribution in [3.8, 4) is 5.75 Å². The Morgan fingerprint density at radius 1 is 1.55 bits per heavy atom. The molecule has 0 radical (unpaired) electrons. The lowest BCUT2D eigenvalue weighted by molar-refractivity contribution is 0.112. The van der Waals surface area contributed by atoms with Crippen LogP contribution in [0.15, 0.2) is 18.2 Å². The molecule has 0 unspecified atom stereocenters. The Labute approximate surface area is 78.7 Å². The quantitative estimate of drug-likeness (QED) is 0.602. The van der Waals surface area contributed by atoms with E-state index in [9.17, 15) is 4.79 Å². The van der Waals surface area contributed by atoms with Gasteiger partial charge in [-0.3, -0.25) is 4.79 Å². The summed E-state index contributed by atoms with van der Waals surface area (Å²) >= 11 is 2.10. The van der Waals surface area contributed by atoms with E-state index in [2.05, 4.69) is 22.6 Å². The number of aldehydes is 1.